The van der Waals surface area contributed by atoms with E-state index in [1.165, 1.54) is 16.7 Å². The Morgan fingerprint density at radius 1 is 1.03 bits per heavy atom. The Balaban J connectivity index is 1.77. The van der Waals surface area contributed by atoms with Crippen LogP contribution in [0.1, 0.15) is 25.3 Å². The topological polar surface area (TPSA) is 79.0 Å². The van der Waals surface area contributed by atoms with Crippen LogP contribution in [0.3, 0.4) is 0 Å². The predicted molar refractivity (Wildman–Crippen MR) is 137 cm³/mol. The van der Waals surface area contributed by atoms with Gasteiger partial charge in [0.1, 0.15) is 6.54 Å². The third-order valence-corrected chi connectivity index (χ3v) is 6.39. The number of hydrogen-bond acceptors (Lipinski definition) is 5. The van der Waals surface area contributed by atoms with Crippen LogP contribution in [0.15, 0.2) is 88.8 Å². The summed E-state index contributed by atoms with van der Waals surface area (Å²) >= 11 is 1.20. The molecule has 170 valence electrons. The molecule has 7 heteroatoms. The fourth-order valence-electron chi connectivity index (χ4n) is 3.81. The lowest BCUT2D eigenvalue weighted by Gasteiger charge is -2.21. The van der Waals surface area contributed by atoms with Crippen LogP contribution in [0.25, 0.3) is 16.6 Å². The molecule has 0 saturated carbocycles. The minimum absolute atomic E-state index is 0.0329. The standard InChI is InChI=1S/C27H24N4O2S/c1-19(2)21-12-7-9-15-24(21)31-26(33)22-13-6-8-14-23(22)29-27(31)34-18-25(32)30(17-16-28)20-10-4-3-5-11-20/h3-15,19H,17-18H2,1-2H3. The van der Waals surface area contributed by atoms with Gasteiger partial charge in [0, 0.05) is 5.69 Å². The van der Waals surface area contributed by atoms with E-state index in [0.29, 0.717) is 21.7 Å². The van der Waals surface area contributed by atoms with Gasteiger partial charge in [-0.1, -0.05) is 74.1 Å². The Labute approximate surface area is 202 Å². The van der Waals surface area contributed by atoms with E-state index in [4.69, 9.17) is 4.98 Å². The van der Waals surface area contributed by atoms with Gasteiger partial charge in [-0.25, -0.2) is 4.98 Å². The highest BCUT2D eigenvalue weighted by Gasteiger charge is 2.20. The molecule has 0 aliphatic carbocycles. The first-order valence-corrected chi connectivity index (χ1v) is 12.0. The smallest absolute Gasteiger partial charge is 0.266 e. The molecule has 0 aliphatic rings. The first-order chi connectivity index (χ1) is 16.5. The lowest BCUT2D eigenvalue weighted by atomic mass is 10.0. The third kappa shape index (κ3) is 4.73. The van der Waals surface area contributed by atoms with Crippen molar-refractivity contribution in [1.29, 1.82) is 5.26 Å². The van der Waals surface area contributed by atoms with Crippen LogP contribution < -0.4 is 10.5 Å². The van der Waals surface area contributed by atoms with Crippen molar-refractivity contribution in [3.8, 4) is 11.8 Å². The molecule has 0 spiro atoms. The Kier molecular flexibility index (Phi) is 7.09. The van der Waals surface area contributed by atoms with E-state index in [1.807, 2.05) is 54.6 Å². The van der Waals surface area contributed by atoms with Crippen LogP contribution in [-0.4, -0.2) is 27.8 Å². The fourth-order valence-corrected chi connectivity index (χ4v) is 4.69. The summed E-state index contributed by atoms with van der Waals surface area (Å²) in [4.78, 5) is 32.9. The zero-order valence-electron chi connectivity index (χ0n) is 19.0. The van der Waals surface area contributed by atoms with Crippen molar-refractivity contribution in [1.82, 2.24) is 9.55 Å². The molecule has 0 fully saturated rings. The maximum absolute atomic E-state index is 13.6. The maximum Gasteiger partial charge on any atom is 0.266 e. The van der Waals surface area contributed by atoms with Gasteiger partial charge in [0.15, 0.2) is 5.16 Å². The average Bonchev–Trinajstić information content (AvgIpc) is 2.86. The van der Waals surface area contributed by atoms with Crippen LogP contribution >= 0.6 is 11.8 Å². The minimum atomic E-state index is -0.233. The van der Waals surface area contributed by atoms with Crippen molar-refractivity contribution < 1.29 is 4.79 Å². The second-order valence-corrected chi connectivity index (χ2v) is 8.97. The number of fused-ring (bicyclic) bond motifs is 1. The summed E-state index contributed by atoms with van der Waals surface area (Å²) in [5, 5.41) is 10.2. The molecule has 0 unspecified atom stereocenters. The molecule has 0 atom stereocenters. The summed E-state index contributed by atoms with van der Waals surface area (Å²) in [5.74, 6) is -0.00678. The summed E-state index contributed by atoms with van der Waals surface area (Å²) in [5.41, 5.74) is 2.84. The molecule has 4 rings (SSSR count). The molecule has 6 nitrogen and oxygen atoms in total. The van der Waals surface area contributed by atoms with Crippen LogP contribution in [0, 0.1) is 11.3 Å². The molecule has 1 aromatic heterocycles. The van der Waals surface area contributed by atoms with Gasteiger partial charge >= 0.3 is 0 Å². The van der Waals surface area contributed by atoms with Gasteiger partial charge < -0.3 is 0 Å². The van der Waals surface area contributed by atoms with E-state index in [2.05, 4.69) is 19.9 Å². The van der Waals surface area contributed by atoms with Gasteiger partial charge in [-0.2, -0.15) is 5.26 Å². The zero-order chi connectivity index (χ0) is 24.1. The van der Waals surface area contributed by atoms with Gasteiger partial charge in [-0.15, -0.1) is 0 Å². The van der Waals surface area contributed by atoms with E-state index in [9.17, 15) is 14.9 Å². The van der Waals surface area contributed by atoms with Crippen molar-refractivity contribution in [2.24, 2.45) is 0 Å². The molecular weight excluding hydrogens is 444 g/mol. The van der Waals surface area contributed by atoms with E-state index >= 15 is 0 Å². The second-order valence-electron chi connectivity index (χ2n) is 8.03. The number of thioether (sulfide) groups is 1. The molecule has 0 radical (unpaired) electrons. The lowest BCUT2D eigenvalue weighted by Crippen LogP contribution is -2.33. The summed E-state index contributed by atoms with van der Waals surface area (Å²) in [6.45, 7) is 4.10. The third-order valence-electron chi connectivity index (χ3n) is 5.47. The van der Waals surface area contributed by atoms with Crippen molar-refractivity contribution in [3.05, 3.63) is 94.8 Å². The fraction of sp³-hybridized carbons (Fsp3) is 0.185. The van der Waals surface area contributed by atoms with Gasteiger partial charge in [0.25, 0.3) is 5.56 Å². The zero-order valence-corrected chi connectivity index (χ0v) is 19.8. The Bertz CT molecular complexity index is 1420. The minimum Gasteiger partial charge on any atom is -0.298 e. The number of para-hydroxylation sites is 3. The molecular formula is C27H24N4O2S. The number of carbonyl (C=O) groups is 1. The largest absolute Gasteiger partial charge is 0.298 e. The van der Waals surface area contributed by atoms with Gasteiger partial charge in [0.05, 0.1) is 28.4 Å². The predicted octanol–water partition coefficient (Wildman–Crippen LogP) is 5.16. The lowest BCUT2D eigenvalue weighted by molar-refractivity contribution is -0.116. The molecule has 34 heavy (non-hydrogen) atoms. The van der Waals surface area contributed by atoms with Crippen LogP contribution in [-0.2, 0) is 4.79 Å². The van der Waals surface area contributed by atoms with Gasteiger partial charge in [0.2, 0.25) is 5.91 Å². The van der Waals surface area contributed by atoms with Crippen molar-refractivity contribution in [2.45, 2.75) is 24.9 Å². The number of hydrogen-bond donors (Lipinski definition) is 0. The van der Waals surface area contributed by atoms with Crippen molar-refractivity contribution in [3.63, 3.8) is 0 Å². The molecule has 1 heterocycles. The normalized spacial score (nSPS) is 10.9. The monoisotopic (exact) mass is 468 g/mol. The van der Waals surface area contributed by atoms with E-state index in [-0.39, 0.29) is 29.7 Å². The van der Waals surface area contributed by atoms with Crippen LogP contribution in [0.5, 0.6) is 0 Å². The summed E-state index contributed by atoms with van der Waals surface area (Å²) < 4.78 is 1.60. The molecule has 0 N–H and O–H groups in total. The summed E-state index contributed by atoms with van der Waals surface area (Å²) in [6, 6.07) is 26.1. The Morgan fingerprint density at radius 2 is 1.71 bits per heavy atom. The van der Waals surface area contributed by atoms with Crippen molar-refractivity contribution >= 4 is 34.3 Å². The highest BCUT2D eigenvalue weighted by Crippen LogP contribution is 2.27. The van der Waals surface area contributed by atoms with E-state index in [1.54, 1.807) is 28.8 Å². The molecule has 0 bridgehead atoms. The van der Waals surface area contributed by atoms with Gasteiger partial charge in [-0.05, 0) is 41.8 Å². The number of benzene rings is 3. The van der Waals surface area contributed by atoms with E-state index < -0.39 is 0 Å². The first-order valence-electron chi connectivity index (χ1n) is 11.0. The molecule has 0 aliphatic heterocycles. The van der Waals surface area contributed by atoms with Gasteiger partial charge in [-0.3, -0.25) is 19.1 Å². The highest BCUT2D eigenvalue weighted by atomic mass is 32.2. The highest BCUT2D eigenvalue weighted by molar-refractivity contribution is 7.99. The average molecular weight is 469 g/mol. The number of amides is 1. The molecule has 3 aromatic carbocycles. The number of nitriles is 1. The molecule has 4 aromatic rings. The number of aromatic nitrogens is 2. The quantitative estimate of drug-likeness (QED) is 0.213. The van der Waals surface area contributed by atoms with Crippen LogP contribution in [0.2, 0.25) is 0 Å². The Morgan fingerprint density at radius 3 is 2.44 bits per heavy atom. The number of nitrogens with zero attached hydrogens (tertiary/aromatic N) is 4. The summed E-state index contributed by atoms with van der Waals surface area (Å²) in [6.07, 6.45) is 0. The molecule has 1 amide bonds. The summed E-state index contributed by atoms with van der Waals surface area (Å²) in [7, 11) is 0. The Hall–Kier alpha value is -3.89. The number of carbonyl (C=O) groups excluding carboxylic acids is 1. The SMILES string of the molecule is CC(C)c1ccccc1-n1c(SCC(=O)N(CC#N)c2ccccc2)nc2ccccc2c1=O. The molecule has 0 saturated heterocycles. The maximum atomic E-state index is 13.6. The van der Waals surface area contributed by atoms with Crippen LogP contribution in [0.4, 0.5) is 5.69 Å². The van der Waals surface area contributed by atoms with E-state index in [0.717, 1.165) is 11.3 Å². The first kappa shape index (κ1) is 23.3. The second kappa shape index (κ2) is 10.4. The number of anilines is 1. The number of rotatable bonds is 7. The van der Waals surface area contributed by atoms with Crippen molar-refractivity contribution in [2.75, 3.05) is 17.2 Å².